The Morgan fingerprint density at radius 2 is 1.80 bits per heavy atom. The first-order chi connectivity index (χ1) is 12.0. The molecule has 0 saturated heterocycles. The maximum atomic E-state index is 12.4. The van der Waals surface area contributed by atoms with E-state index in [1.165, 1.54) is 18.3 Å². The largest absolute Gasteiger partial charge is 0.360 e. The molecule has 3 aromatic rings. The number of pyridine rings is 1. The fourth-order valence-corrected chi connectivity index (χ4v) is 2.21. The number of nitrogens with zero attached hydrogens (tertiary/aromatic N) is 2. The fourth-order valence-electron chi connectivity index (χ4n) is 2.21. The number of aromatic nitrogens is 2. The van der Waals surface area contributed by atoms with Crippen LogP contribution >= 0.6 is 0 Å². The van der Waals surface area contributed by atoms with Crippen LogP contribution in [0.25, 0.3) is 0 Å². The zero-order valence-corrected chi connectivity index (χ0v) is 13.7. The molecule has 2 N–H and O–H groups in total. The number of carbonyl (C=O) groups excluding carboxylic acids is 2. The summed E-state index contributed by atoms with van der Waals surface area (Å²) < 4.78 is 4.90. The molecule has 0 bridgehead atoms. The minimum absolute atomic E-state index is 0.146. The van der Waals surface area contributed by atoms with Crippen molar-refractivity contribution in [1.29, 1.82) is 0 Å². The lowest BCUT2D eigenvalue weighted by Crippen LogP contribution is -2.17. The van der Waals surface area contributed by atoms with Gasteiger partial charge in [0, 0.05) is 23.5 Å². The van der Waals surface area contributed by atoms with Gasteiger partial charge in [-0.3, -0.25) is 14.6 Å². The zero-order chi connectivity index (χ0) is 17.8. The number of aryl methyl sites for hydroxylation is 2. The summed E-state index contributed by atoms with van der Waals surface area (Å²) in [5, 5.41) is 9.09. The summed E-state index contributed by atoms with van der Waals surface area (Å²) in [4.78, 5) is 28.7. The Morgan fingerprint density at radius 3 is 2.52 bits per heavy atom. The van der Waals surface area contributed by atoms with Crippen LogP contribution in [0.4, 0.5) is 11.5 Å². The molecule has 2 amide bonds. The second-order valence-corrected chi connectivity index (χ2v) is 5.48. The van der Waals surface area contributed by atoms with Gasteiger partial charge in [-0.25, -0.2) is 0 Å². The minimum atomic E-state index is -0.402. The van der Waals surface area contributed by atoms with Gasteiger partial charge < -0.3 is 15.2 Å². The molecule has 3 rings (SSSR count). The van der Waals surface area contributed by atoms with Crippen molar-refractivity contribution in [2.24, 2.45) is 0 Å². The minimum Gasteiger partial charge on any atom is -0.360 e. The smallest absolute Gasteiger partial charge is 0.274 e. The first-order valence-corrected chi connectivity index (χ1v) is 7.60. The van der Waals surface area contributed by atoms with E-state index in [9.17, 15) is 9.59 Å². The van der Waals surface area contributed by atoms with Crippen LogP contribution in [-0.2, 0) is 0 Å². The number of para-hydroxylation sites is 1. The number of benzene rings is 1. The molecule has 25 heavy (non-hydrogen) atoms. The van der Waals surface area contributed by atoms with Gasteiger partial charge in [-0.05, 0) is 37.6 Å². The van der Waals surface area contributed by atoms with E-state index >= 15 is 0 Å². The molecule has 0 saturated carbocycles. The molecule has 0 aliphatic rings. The quantitative estimate of drug-likeness (QED) is 0.762. The predicted octanol–water partition coefficient (Wildman–Crippen LogP) is 3.19. The molecule has 7 heteroatoms. The summed E-state index contributed by atoms with van der Waals surface area (Å²) in [6.07, 6.45) is 1.41. The molecule has 0 radical (unpaired) electrons. The molecule has 126 valence electrons. The molecule has 7 nitrogen and oxygen atoms in total. The normalized spacial score (nSPS) is 10.3. The van der Waals surface area contributed by atoms with Gasteiger partial charge >= 0.3 is 0 Å². The summed E-state index contributed by atoms with van der Waals surface area (Å²) >= 11 is 0. The summed E-state index contributed by atoms with van der Waals surface area (Å²) in [7, 11) is 0. The van der Waals surface area contributed by atoms with E-state index < -0.39 is 5.91 Å². The van der Waals surface area contributed by atoms with Gasteiger partial charge in [0.25, 0.3) is 11.8 Å². The highest BCUT2D eigenvalue weighted by atomic mass is 16.5. The predicted molar refractivity (Wildman–Crippen MR) is 92.6 cm³/mol. The second kappa shape index (κ2) is 6.96. The highest BCUT2D eigenvalue weighted by Crippen LogP contribution is 2.15. The SMILES string of the molecule is Cc1cc(NC(=O)c2ccnc(C(=O)Nc3ccccc3C)c2)no1. The van der Waals surface area contributed by atoms with Crippen LogP contribution in [-0.4, -0.2) is 22.0 Å². The maximum Gasteiger partial charge on any atom is 0.274 e. The molecule has 1 aromatic carbocycles. The third kappa shape index (κ3) is 3.89. The van der Waals surface area contributed by atoms with E-state index in [2.05, 4.69) is 20.8 Å². The van der Waals surface area contributed by atoms with E-state index in [4.69, 9.17) is 4.52 Å². The molecule has 0 unspecified atom stereocenters. The Kier molecular flexibility index (Phi) is 4.56. The Labute approximate surface area is 144 Å². The summed E-state index contributed by atoms with van der Waals surface area (Å²) in [5.74, 6) is 0.107. The lowest BCUT2D eigenvalue weighted by molar-refractivity contribution is 0.102. The molecule has 0 atom stereocenters. The van der Waals surface area contributed by atoms with Gasteiger partial charge in [0.05, 0.1) is 0 Å². The fraction of sp³-hybridized carbons (Fsp3) is 0.111. The average molecular weight is 336 g/mol. The van der Waals surface area contributed by atoms with Gasteiger partial charge in [-0.15, -0.1) is 0 Å². The summed E-state index contributed by atoms with van der Waals surface area (Å²) in [6.45, 7) is 3.62. The van der Waals surface area contributed by atoms with Gasteiger partial charge in [-0.2, -0.15) is 0 Å². The Balaban J connectivity index is 1.75. The lowest BCUT2D eigenvalue weighted by Gasteiger charge is -2.08. The molecule has 2 aromatic heterocycles. The standard InChI is InChI=1S/C18H16N4O3/c1-11-5-3-4-6-14(11)20-18(24)15-10-13(7-8-19-15)17(23)21-16-9-12(2)25-22-16/h3-10H,1-2H3,(H,20,24)(H,21,22,23). The van der Waals surface area contributed by atoms with Crippen LogP contribution < -0.4 is 10.6 Å². The monoisotopic (exact) mass is 336 g/mol. The van der Waals surface area contributed by atoms with Crippen LogP contribution in [0, 0.1) is 13.8 Å². The van der Waals surface area contributed by atoms with Crippen molar-refractivity contribution in [3.8, 4) is 0 Å². The molecule has 0 spiro atoms. The van der Waals surface area contributed by atoms with Crippen LogP contribution in [0.3, 0.4) is 0 Å². The number of amides is 2. The van der Waals surface area contributed by atoms with E-state index in [0.29, 0.717) is 22.8 Å². The van der Waals surface area contributed by atoms with Crippen LogP contribution in [0.5, 0.6) is 0 Å². The number of carbonyl (C=O) groups is 2. The summed E-state index contributed by atoms with van der Waals surface area (Å²) in [5.41, 5.74) is 2.08. The molecule has 0 fully saturated rings. The average Bonchev–Trinajstić information content (AvgIpc) is 3.02. The van der Waals surface area contributed by atoms with Crippen molar-refractivity contribution < 1.29 is 14.1 Å². The second-order valence-electron chi connectivity index (χ2n) is 5.48. The first-order valence-electron chi connectivity index (χ1n) is 7.60. The van der Waals surface area contributed by atoms with Crippen molar-refractivity contribution in [3.05, 3.63) is 71.2 Å². The van der Waals surface area contributed by atoms with E-state index in [1.54, 1.807) is 19.1 Å². The Hall–Kier alpha value is -3.48. The number of hydrogen-bond donors (Lipinski definition) is 2. The van der Waals surface area contributed by atoms with Gasteiger partial charge in [-0.1, -0.05) is 23.4 Å². The third-order valence-corrected chi connectivity index (χ3v) is 3.52. The zero-order valence-electron chi connectivity index (χ0n) is 13.7. The number of rotatable bonds is 4. The Morgan fingerprint density at radius 1 is 1.00 bits per heavy atom. The van der Waals surface area contributed by atoms with Crippen molar-refractivity contribution in [3.63, 3.8) is 0 Å². The number of hydrogen-bond acceptors (Lipinski definition) is 5. The molecular formula is C18H16N4O3. The van der Waals surface area contributed by atoms with Gasteiger partial charge in [0.15, 0.2) is 5.82 Å². The van der Waals surface area contributed by atoms with E-state index in [0.717, 1.165) is 5.56 Å². The van der Waals surface area contributed by atoms with Crippen LogP contribution in [0.2, 0.25) is 0 Å². The molecular weight excluding hydrogens is 320 g/mol. The van der Waals surface area contributed by atoms with Crippen LogP contribution in [0.15, 0.2) is 53.2 Å². The molecule has 0 aliphatic carbocycles. The highest BCUT2D eigenvalue weighted by molar-refractivity contribution is 6.07. The first kappa shape index (κ1) is 16.4. The van der Waals surface area contributed by atoms with Crippen molar-refractivity contribution in [2.75, 3.05) is 10.6 Å². The van der Waals surface area contributed by atoms with Crippen molar-refractivity contribution in [1.82, 2.24) is 10.1 Å². The van der Waals surface area contributed by atoms with Crippen LogP contribution in [0.1, 0.15) is 32.2 Å². The third-order valence-electron chi connectivity index (χ3n) is 3.52. The van der Waals surface area contributed by atoms with Crippen molar-refractivity contribution in [2.45, 2.75) is 13.8 Å². The van der Waals surface area contributed by atoms with Crippen molar-refractivity contribution >= 4 is 23.3 Å². The Bertz CT molecular complexity index is 933. The number of anilines is 2. The van der Waals surface area contributed by atoms with E-state index in [-0.39, 0.29) is 11.6 Å². The lowest BCUT2D eigenvalue weighted by atomic mass is 10.2. The highest BCUT2D eigenvalue weighted by Gasteiger charge is 2.14. The van der Waals surface area contributed by atoms with E-state index in [1.807, 2.05) is 25.1 Å². The van der Waals surface area contributed by atoms with Gasteiger partial charge in [0.2, 0.25) is 0 Å². The molecule has 0 aliphatic heterocycles. The maximum absolute atomic E-state index is 12.4. The number of nitrogens with one attached hydrogen (secondary N) is 2. The summed E-state index contributed by atoms with van der Waals surface area (Å²) in [6, 6.07) is 12.0. The van der Waals surface area contributed by atoms with Gasteiger partial charge in [0.1, 0.15) is 11.5 Å². The topological polar surface area (TPSA) is 97.1 Å². The molecule has 2 heterocycles.